The summed E-state index contributed by atoms with van der Waals surface area (Å²) < 4.78 is 0. The molecule has 0 atom stereocenters. The highest BCUT2D eigenvalue weighted by Crippen LogP contribution is 2.19. The molecule has 1 aliphatic rings. The molecule has 0 aromatic heterocycles. The normalized spacial score (nSPS) is 20.4. The Balaban J connectivity index is 2.45. The fourth-order valence-corrected chi connectivity index (χ4v) is 2.00. The molecule has 0 saturated heterocycles. The van der Waals surface area contributed by atoms with E-state index in [0.29, 0.717) is 6.04 Å². The number of hydrogen-bond acceptors (Lipinski definition) is 2. The van der Waals surface area contributed by atoms with Crippen LogP contribution in [0.3, 0.4) is 0 Å². The van der Waals surface area contributed by atoms with Crippen LogP contribution in [0, 0.1) is 0 Å². The number of hydrogen-bond donors (Lipinski definition) is 2. The maximum Gasteiger partial charge on any atom is 0.323 e. The van der Waals surface area contributed by atoms with Crippen molar-refractivity contribution >= 4 is 5.97 Å². The smallest absolute Gasteiger partial charge is 0.323 e. The van der Waals surface area contributed by atoms with Crippen molar-refractivity contribution in [3.8, 4) is 0 Å². The van der Waals surface area contributed by atoms with Gasteiger partial charge in [0, 0.05) is 6.04 Å². The minimum Gasteiger partial charge on any atom is -0.480 e. The molecule has 0 amide bonds. The first-order chi connectivity index (χ1) is 6.52. The van der Waals surface area contributed by atoms with Gasteiger partial charge in [0.1, 0.15) is 5.54 Å². The summed E-state index contributed by atoms with van der Waals surface area (Å²) >= 11 is 0. The first-order valence-electron chi connectivity index (χ1n) is 5.53. The molecule has 0 aliphatic heterocycles. The van der Waals surface area contributed by atoms with Gasteiger partial charge in [0.15, 0.2) is 0 Å². The van der Waals surface area contributed by atoms with E-state index >= 15 is 0 Å². The lowest BCUT2D eigenvalue weighted by atomic mass is 10.0. The molecule has 0 aromatic rings. The Labute approximate surface area is 85.9 Å². The van der Waals surface area contributed by atoms with Crippen molar-refractivity contribution in [1.29, 1.82) is 0 Å². The van der Waals surface area contributed by atoms with E-state index in [0.717, 1.165) is 12.8 Å². The van der Waals surface area contributed by atoms with Gasteiger partial charge in [0.25, 0.3) is 0 Å². The van der Waals surface area contributed by atoms with Crippen molar-refractivity contribution in [1.82, 2.24) is 5.32 Å². The number of carboxylic acids is 1. The molecule has 3 heteroatoms. The molecule has 0 unspecified atom stereocenters. The summed E-state index contributed by atoms with van der Waals surface area (Å²) in [5.41, 5.74) is -0.783. The van der Waals surface area contributed by atoms with E-state index in [1.54, 1.807) is 13.8 Å². The third kappa shape index (κ3) is 3.29. The number of nitrogens with one attached hydrogen (secondary N) is 1. The van der Waals surface area contributed by atoms with Crippen LogP contribution in [-0.4, -0.2) is 22.7 Å². The third-order valence-electron chi connectivity index (χ3n) is 2.95. The van der Waals surface area contributed by atoms with Crippen LogP contribution in [0.4, 0.5) is 0 Å². The third-order valence-corrected chi connectivity index (χ3v) is 2.95. The van der Waals surface area contributed by atoms with Crippen LogP contribution in [-0.2, 0) is 4.79 Å². The minimum absolute atomic E-state index is 0.392. The van der Waals surface area contributed by atoms with Gasteiger partial charge in [0.05, 0.1) is 0 Å². The Morgan fingerprint density at radius 3 is 2.14 bits per heavy atom. The van der Waals surface area contributed by atoms with E-state index in [9.17, 15) is 4.79 Å². The summed E-state index contributed by atoms with van der Waals surface area (Å²) in [5.74, 6) is -0.762. The van der Waals surface area contributed by atoms with Gasteiger partial charge in [-0.15, -0.1) is 0 Å². The highest BCUT2D eigenvalue weighted by molar-refractivity contribution is 5.77. The van der Waals surface area contributed by atoms with Crippen molar-refractivity contribution in [3.05, 3.63) is 0 Å². The van der Waals surface area contributed by atoms with Crippen LogP contribution in [0.1, 0.15) is 52.4 Å². The maximum absolute atomic E-state index is 10.9. The van der Waals surface area contributed by atoms with Gasteiger partial charge in [0.2, 0.25) is 0 Å². The predicted molar refractivity (Wildman–Crippen MR) is 56.3 cm³/mol. The van der Waals surface area contributed by atoms with Crippen LogP contribution < -0.4 is 5.32 Å². The summed E-state index contributed by atoms with van der Waals surface area (Å²) in [7, 11) is 0. The molecular weight excluding hydrogens is 178 g/mol. The van der Waals surface area contributed by atoms with E-state index in [2.05, 4.69) is 5.32 Å². The second kappa shape index (κ2) is 4.78. The molecule has 1 rings (SSSR count). The fourth-order valence-electron chi connectivity index (χ4n) is 2.00. The maximum atomic E-state index is 10.9. The Hall–Kier alpha value is -0.570. The molecule has 0 spiro atoms. The van der Waals surface area contributed by atoms with Crippen LogP contribution in [0.15, 0.2) is 0 Å². The molecule has 0 aromatic carbocycles. The van der Waals surface area contributed by atoms with Crippen molar-refractivity contribution < 1.29 is 9.90 Å². The molecule has 0 bridgehead atoms. The van der Waals surface area contributed by atoms with Crippen LogP contribution in [0.5, 0.6) is 0 Å². The summed E-state index contributed by atoms with van der Waals surface area (Å²) in [6, 6.07) is 0.392. The SMILES string of the molecule is CC(C)(NC1CCCCCC1)C(=O)O. The van der Waals surface area contributed by atoms with E-state index in [1.807, 2.05) is 0 Å². The first kappa shape index (κ1) is 11.5. The summed E-state index contributed by atoms with van der Waals surface area (Å²) in [6.07, 6.45) is 7.30. The molecule has 1 saturated carbocycles. The van der Waals surface area contributed by atoms with Gasteiger partial charge in [-0.1, -0.05) is 25.7 Å². The molecule has 0 radical (unpaired) electrons. The largest absolute Gasteiger partial charge is 0.480 e. The molecule has 14 heavy (non-hydrogen) atoms. The molecule has 82 valence electrons. The van der Waals surface area contributed by atoms with Crippen molar-refractivity contribution in [2.45, 2.75) is 64.0 Å². The minimum atomic E-state index is -0.783. The molecule has 1 fully saturated rings. The van der Waals surface area contributed by atoms with Gasteiger partial charge in [-0.3, -0.25) is 10.1 Å². The number of carbonyl (C=O) groups is 1. The average molecular weight is 199 g/mol. The Kier molecular flexibility index (Phi) is 3.93. The number of aliphatic carboxylic acids is 1. The quantitative estimate of drug-likeness (QED) is 0.685. The standard InChI is InChI=1S/C11H21NO2/c1-11(2,10(13)14)12-9-7-5-3-4-6-8-9/h9,12H,3-8H2,1-2H3,(H,13,14). The Bertz CT molecular complexity index is 193. The van der Waals surface area contributed by atoms with E-state index in [4.69, 9.17) is 5.11 Å². The topological polar surface area (TPSA) is 49.3 Å². The van der Waals surface area contributed by atoms with Gasteiger partial charge in [-0.05, 0) is 26.7 Å². The van der Waals surface area contributed by atoms with Crippen LogP contribution in [0.25, 0.3) is 0 Å². The molecule has 3 nitrogen and oxygen atoms in total. The molecular formula is C11H21NO2. The van der Waals surface area contributed by atoms with Crippen molar-refractivity contribution in [2.24, 2.45) is 0 Å². The van der Waals surface area contributed by atoms with Crippen LogP contribution >= 0.6 is 0 Å². The summed E-state index contributed by atoms with van der Waals surface area (Å²) in [6.45, 7) is 3.47. The average Bonchev–Trinajstić information content (AvgIpc) is 2.32. The predicted octanol–water partition coefficient (Wildman–Crippen LogP) is 2.16. The lowest BCUT2D eigenvalue weighted by Crippen LogP contribution is -2.51. The zero-order valence-electron chi connectivity index (χ0n) is 9.18. The lowest BCUT2D eigenvalue weighted by molar-refractivity contribution is -0.143. The second-order valence-corrected chi connectivity index (χ2v) is 4.76. The van der Waals surface area contributed by atoms with E-state index in [1.165, 1.54) is 25.7 Å². The fraction of sp³-hybridized carbons (Fsp3) is 0.909. The molecule has 2 N–H and O–H groups in total. The highest BCUT2D eigenvalue weighted by Gasteiger charge is 2.29. The number of carboxylic acid groups (broad SMARTS) is 1. The summed E-state index contributed by atoms with van der Waals surface area (Å²) in [5, 5.41) is 12.2. The monoisotopic (exact) mass is 199 g/mol. The zero-order valence-corrected chi connectivity index (χ0v) is 9.18. The Morgan fingerprint density at radius 1 is 1.21 bits per heavy atom. The number of rotatable bonds is 3. The first-order valence-corrected chi connectivity index (χ1v) is 5.53. The lowest BCUT2D eigenvalue weighted by Gasteiger charge is -2.27. The van der Waals surface area contributed by atoms with Crippen molar-refractivity contribution in [3.63, 3.8) is 0 Å². The highest BCUT2D eigenvalue weighted by atomic mass is 16.4. The van der Waals surface area contributed by atoms with Gasteiger partial charge >= 0.3 is 5.97 Å². The summed E-state index contributed by atoms with van der Waals surface area (Å²) in [4.78, 5) is 10.9. The van der Waals surface area contributed by atoms with Gasteiger partial charge in [-0.25, -0.2) is 0 Å². The Morgan fingerprint density at radius 2 is 1.71 bits per heavy atom. The zero-order chi connectivity index (χ0) is 10.6. The van der Waals surface area contributed by atoms with Crippen LogP contribution in [0.2, 0.25) is 0 Å². The van der Waals surface area contributed by atoms with Crippen molar-refractivity contribution in [2.75, 3.05) is 0 Å². The molecule has 0 heterocycles. The van der Waals surface area contributed by atoms with E-state index < -0.39 is 11.5 Å². The van der Waals surface area contributed by atoms with E-state index in [-0.39, 0.29) is 0 Å². The molecule has 1 aliphatic carbocycles. The van der Waals surface area contributed by atoms with Gasteiger partial charge < -0.3 is 5.11 Å². The second-order valence-electron chi connectivity index (χ2n) is 4.76. The van der Waals surface area contributed by atoms with Gasteiger partial charge in [-0.2, -0.15) is 0 Å².